The van der Waals surface area contributed by atoms with Crippen LogP contribution in [0.4, 0.5) is 15.8 Å². The van der Waals surface area contributed by atoms with E-state index < -0.39 is 27.9 Å². The third kappa shape index (κ3) is 3.77. The molecule has 9 heteroatoms. The molecular weight excluding hydrogens is 415 g/mol. The quantitative estimate of drug-likeness (QED) is 0.815. The van der Waals surface area contributed by atoms with Gasteiger partial charge in [-0.15, -0.1) is 0 Å². The highest BCUT2D eigenvalue weighted by Crippen LogP contribution is 2.34. The number of amides is 1. The van der Waals surface area contributed by atoms with Crippen LogP contribution in [0.15, 0.2) is 46.9 Å². The van der Waals surface area contributed by atoms with Crippen LogP contribution in [0.5, 0.6) is 5.75 Å². The largest absolute Gasteiger partial charge is 0.476 e. The van der Waals surface area contributed by atoms with Crippen LogP contribution in [0.25, 0.3) is 0 Å². The zero-order valence-corrected chi connectivity index (χ0v) is 15.5. The molecule has 132 valence electrons. The highest BCUT2D eigenvalue weighted by atomic mass is 79.9. The summed E-state index contributed by atoms with van der Waals surface area (Å²) in [7, 11) is -3.60. The van der Waals surface area contributed by atoms with E-state index in [-0.39, 0.29) is 18.0 Å². The number of rotatable bonds is 3. The van der Waals surface area contributed by atoms with Gasteiger partial charge in [-0.1, -0.05) is 28.1 Å². The molecule has 0 spiro atoms. The van der Waals surface area contributed by atoms with E-state index in [0.717, 1.165) is 10.6 Å². The molecule has 1 atom stereocenters. The van der Waals surface area contributed by atoms with Crippen LogP contribution in [0.2, 0.25) is 0 Å². The van der Waals surface area contributed by atoms with E-state index in [0.29, 0.717) is 10.2 Å². The minimum atomic E-state index is -3.60. The van der Waals surface area contributed by atoms with Gasteiger partial charge in [-0.3, -0.25) is 9.10 Å². The van der Waals surface area contributed by atoms with Crippen molar-refractivity contribution in [2.24, 2.45) is 0 Å². The summed E-state index contributed by atoms with van der Waals surface area (Å²) in [4.78, 5) is 12.5. The van der Waals surface area contributed by atoms with Crippen molar-refractivity contribution < 1.29 is 22.3 Å². The van der Waals surface area contributed by atoms with E-state index in [1.807, 2.05) is 0 Å². The number of ether oxygens (including phenoxy) is 1. The third-order valence-electron chi connectivity index (χ3n) is 3.62. The van der Waals surface area contributed by atoms with Crippen LogP contribution in [-0.2, 0) is 14.8 Å². The van der Waals surface area contributed by atoms with E-state index in [9.17, 15) is 17.6 Å². The first kappa shape index (κ1) is 17.7. The lowest BCUT2D eigenvalue weighted by Gasteiger charge is -2.33. The molecule has 1 unspecified atom stereocenters. The molecule has 0 radical (unpaired) electrons. The molecule has 0 saturated heterocycles. The Morgan fingerprint density at radius 3 is 2.72 bits per heavy atom. The Hall–Kier alpha value is -2.13. The van der Waals surface area contributed by atoms with Gasteiger partial charge in [-0.05, 0) is 30.3 Å². The van der Waals surface area contributed by atoms with E-state index in [1.165, 1.54) is 12.1 Å². The van der Waals surface area contributed by atoms with Crippen molar-refractivity contribution in [3.8, 4) is 5.75 Å². The fraction of sp³-hybridized carbons (Fsp3) is 0.188. The maximum Gasteiger partial charge on any atom is 0.267 e. The zero-order valence-electron chi connectivity index (χ0n) is 13.1. The van der Waals surface area contributed by atoms with E-state index in [2.05, 4.69) is 21.2 Å². The fourth-order valence-corrected chi connectivity index (χ4v) is 3.70. The van der Waals surface area contributed by atoms with Gasteiger partial charge in [0, 0.05) is 4.47 Å². The van der Waals surface area contributed by atoms with Crippen molar-refractivity contribution in [2.75, 3.05) is 22.4 Å². The molecule has 2 aromatic rings. The molecule has 2 aromatic carbocycles. The Kier molecular flexibility index (Phi) is 4.70. The summed E-state index contributed by atoms with van der Waals surface area (Å²) in [5, 5.41) is 2.43. The van der Waals surface area contributed by atoms with Gasteiger partial charge in [-0.25, -0.2) is 12.8 Å². The summed E-state index contributed by atoms with van der Waals surface area (Å²) in [6.07, 6.45) is -0.0500. The average molecular weight is 429 g/mol. The lowest BCUT2D eigenvalue weighted by molar-refractivity contribution is -0.122. The van der Waals surface area contributed by atoms with Crippen LogP contribution in [0, 0.1) is 5.82 Å². The number of halogens is 2. The lowest BCUT2D eigenvalue weighted by Crippen LogP contribution is -2.48. The SMILES string of the molecule is CS(=O)(=O)N1CC(C(=O)Nc2ccc(Br)cc2F)Oc2ccccc21. The van der Waals surface area contributed by atoms with Crippen molar-refractivity contribution in [3.63, 3.8) is 0 Å². The second-order valence-electron chi connectivity index (χ2n) is 5.48. The standard InChI is InChI=1S/C16H14BrFN2O4S/c1-25(22,23)20-9-15(24-14-5-3-2-4-13(14)20)16(21)19-12-7-6-10(17)8-11(12)18/h2-8,15H,9H2,1H3,(H,19,21). The summed E-state index contributed by atoms with van der Waals surface area (Å²) in [5.74, 6) is -0.973. The summed E-state index contributed by atoms with van der Waals surface area (Å²) in [6, 6.07) is 10.7. The molecule has 1 aliphatic heterocycles. The molecule has 3 rings (SSSR count). The predicted molar refractivity (Wildman–Crippen MR) is 95.8 cm³/mol. The van der Waals surface area contributed by atoms with Crippen LogP contribution in [0.3, 0.4) is 0 Å². The minimum absolute atomic E-state index is 0.0124. The number of sulfonamides is 1. The Balaban J connectivity index is 1.87. The molecule has 1 heterocycles. The molecule has 0 fully saturated rings. The van der Waals surface area contributed by atoms with Crippen LogP contribution in [-0.4, -0.2) is 33.2 Å². The first-order valence-electron chi connectivity index (χ1n) is 7.25. The molecular formula is C16H14BrFN2O4S. The third-order valence-corrected chi connectivity index (χ3v) is 5.26. The summed E-state index contributed by atoms with van der Waals surface area (Å²) in [6.45, 7) is -0.195. The highest BCUT2D eigenvalue weighted by molar-refractivity contribution is 9.10. The molecule has 25 heavy (non-hydrogen) atoms. The number of carbonyl (C=O) groups is 1. The Morgan fingerprint density at radius 1 is 1.32 bits per heavy atom. The van der Waals surface area contributed by atoms with Gasteiger partial charge < -0.3 is 10.1 Å². The van der Waals surface area contributed by atoms with Crippen LogP contribution in [0.1, 0.15) is 0 Å². The first-order valence-corrected chi connectivity index (χ1v) is 9.89. The zero-order chi connectivity index (χ0) is 18.2. The summed E-state index contributed by atoms with van der Waals surface area (Å²) < 4.78 is 45.2. The highest BCUT2D eigenvalue weighted by Gasteiger charge is 2.35. The number of nitrogens with zero attached hydrogens (tertiary/aromatic N) is 1. The molecule has 1 amide bonds. The summed E-state index contributed by atoms with van der Waals surface area (Å²) >= 11 is 3.14. The van der Waals surface area contributed by atoms with Gasteiger partial charge in [0.1, 0.15) is 11.6 Å². The molecule has 6 nitrogen and oxygen atoms in total. The molecule has 0 aliphatic carbocycles. The smallest absolute Gasteiger partial charge is 0.267 e. The number of benzene rings is 2. The molecule has 0 saturated carbocycles. The normalized spacial score (nSPS) is 16.8. The van der Waals surface area contributed by atoms with E-state index >= 15 is 0 Å². The average Bonchev–Trinajstić information content (AvgIpc) is 2.55. The number of carbonyl (C=O) groups excluding carboxylic acids is 1. The van der Waals surface area contributed by atoms with Gasteiger partial charge in [0.05, 0.1) is 24.2 Å². The lowest BCUT2D eigenvalue weighted by atomic mass is 10.2. The van der Waals surface area contributed by atoms with E-state index in [4.69, 9.17) is 4.74 Å². The van der Waals surface area contributed by atoms with Crippen molar-refractivity contribution in [3.05, 3.63) is 52.8 Å². The van der Waals surface area contributed by atoms with Gasteiger partial charge in [0.25, 0.3) is 5.91 Å². The maximum absolute atomic E-state index is 13.9. The molecule has 0 aromatic heterocycles. The van der Waals surface area contributed by atoms with Crippen LogP contribution >= 0.6 is 15.9 Å². The number of hydrogen-bond acceptors (Lipinski definition) is 4. The number of fused-ring (bicyclic) bond motifs is 1. The number of anilines is 2. The van der Waals surface area contributed by atoms with Crippen molar-refractivity contribution in [1.29, 1.82) is 0 Å². The van der Waals surface area contributed by atoms with Crippen molar-refractivity contribution in [2.45, 2.75) is 6.10 Å². The van der Waals surface area contributed by atoms with Gasteiger partial charge in [-0.2, -0.15) is 0 Å². The topological polar surface area (TPSA) is 75.7 Å². The Labute approximate surface area is 152 Å². The Morgan fingerprint density at radius 2 is 2.04 bits per heavy atom. The van der Waals surface area contributed by atoms with E-state index in [1.54, 1.807) is 30.3 Å². The molecule has 1 aliphatic rings. The van der Waals surface area contributed by atoms with Gasteiger partial charge >= 0.3 is 0 Å². The number of hydrogen-bond donors (Lipinski definition) is 1. The second kappa shape index (κ2) is 6.64. The number of nitrogens with one attached hydrogen (secondary N) is 1. The second-order valence-corrected chi connectivity index (χ2v) is 8.30. The summed E-state index contributed by atoms with van der Waals surface area (Å²) in [5.41, 5.74) is 0.352. The maximum atomic E-state index is 13.9. The van der Waals surface area contributed by atoms with Gasteiger partial charge in [0.15, 0.2) is 6.10 Å². The first-order chi connectivity index (χ1) is 11.8. The predicted octanol–water partition coefficient (Wildman–Crippen LogP) is 2.75. The Bertz CT molecular complexity index is 935. The fourth-order valence-electron chi connectivity index (χ4n) is 2.46. The molecule has 1 N–H and O–H groups in total. The van der Waals surface area contributed by atoms with Crippen molar-refractivity contribution >= 4 is 43.2 Å². The monoisotopic (exact) mass is 428 g/mol. The minimum Gasteiger partial charge on any atom is -0.476 e. The number of para-hydroxylation sites is 2. The van der Waals surface area contributed by atoms with Crippen molar-refractivity contribution in [1.82, 2.24) is 0 Å². The molecule has 0 bridgehead atoms. The van der Waals surface area contributed by atoms with Gasteiger partial charge in [0.2, 0.25) is 10.0 Å². The van der Waals surface area contributed by atoms with Crippen LogP contribution < -0.4 is 14.4 Å².